The molecule has 0 bridgehead atoms. The molecule has 0 aliphatic carbocycles. The number of hydrazone groups is 1. The van der Waals surface area contributed by atoms with Crippen molar-refractivity contribution in [2.24, 2.45) is 5.10 Å². The zero-order chi connectivity index (χ0) is 19.8. The Morgan fingerprint density at radius 2 is 1.32 bits per heavy atom. The fourth-order valence-corrected chi connectivity index (χ4v) is 2.98. The highest BCUT2D eigenvalue weighted by Crippen LogP contribution is 2.15. The van der Waals surface area contributed by atoms with Crippen LogP contribution in [0.15, 0.2) is 94.5 Å². The van der Waals surface area contributed by atoms with Gasteiger partial charge in [-0.25, -0.2) is 5.43 Å². The van der Waals surface area contributed by atoms with Crippen molar-refractivity contribution in [2.45, 2.75) is 0 Å². The van der Waals surface area contributed by atoms with Gasteiger partial charge in [-0.3, -0.25) is 9.59 Å². The lowest BCUT2D eigenvalue weighted by molar-refractivity contribution is 0.0951. The third kappa shape index (κ3) is 5.14. The molecule has 3 aromatic rings. The summed E-state index contributed by atoms with van der Waals surface area (Å²) in [5.74, 6) is -0.545. The Bertz CT molecular complexity index is 989. The second-order valence-corrected chi connectivity index (χ2v) is 6.75. The van der Waals surface area contributed by atoms with E-state index in [1.54, 1.807) is 42.5 Å². The maximum Gasteiger partial charge on any atom is 0.272 e. The molecule has 0 unspecified atom stereocenters. The molecule has 3 aromatic carbocycles. The van der Waals surface area contributed by atoms with E-state index < -0.39 is 0 Å². The van der Waals surface area contributed by atoms with Crippen molar-refractivity contribution >= 4 is 33.5 Å². The summed E-state index contributed by atoms with van der Waals surface area (Å²) in [6.07, 6.45) is 0. The van der Waals surface area contributed by atoms with Gasteiger partial charge in [0.15, 0.2) is 0 Å². The molecule has 0 aliphatic heterocycles. The first-order valence-electron chi connectivity index (χ1n) is 8.65. The molecule has 0 aromatic heterocycles. The molecular formula is C22H18BrN3O2. The van der Waals surface area contributed by atoms with Gasteiger partial charge in [-0.15, -0.1) is 0 Å². The number of carbonyl (C=O) groups is 2. The van der Waals surface area contributed by atoms with Crippen LogP contribution in [0.25, 0.3) is 0 Å². The lowest BCUT2D eigenvalue weighted by Crippen LogP contribution is -2.32. The first-order chi connectivity index (χ1) is 13.6. The Balaban J connectivity index is 1.76. The van der Waals surface area contributed by atoms with E-state index in [4.69, 9.17) is 0 Å². The van der Waals surface area contributed by atoms with Crippen molar-refractivity contribution in [3.63, 3.8) is 0 Å². The SMILES string of the molecule is O=C(NC/C(=N\NC(=O)c1ccccc1Br)c1ccccc1)c1ccccc1. The molecule has 0 saturated carbocycles. The maximum absolute atomic E-state index is 12.4. The number of amides is 2. The van der Waals surface area contributed by atoms with Gasteiger partial charge >= 0.3 is 0 Å². The van der Waals surface area contributed by atoms with Crippen LogP contribution in [0.1, 0.15) is 26.3 Å². The van der Waals surface area contributed by atoms with Gasteiger partial charge in [-0.2, -0.15) is 5.10 Å². The fraction of sp³-hybridized carbons (Fsp3) is 0.0455. The topological polar surface area (TPSA) is 70.6 Å². The van der Waals surface area contributed by atoms with Gasteiger partial charge in [0.2, 0.25) is 0 Å². The van der Waals surface area contributed by atoms with Gasteiger partial charge < -0.3 is 5.32 Å². The molecule has 0 spiro atoms. The molecule has 2 N–H and O–H groups in total. The summed E-state index contributed by atoms with van der Waals surface area (Å²) in [4.78, 5) is 24.8. The van der Waals surface area contributed by atoms with Crippen LogP contribution >= 0.6 is 15.9 Å². The summed E-state index contributed by atoms with van der Waals surface area (Å²) < 4.78 is 0.682. The van der Waals surface area contributed by atoms with Crippen molar-refractivity contribution in [2.75, 3.05) is 6.54 Å². The average Bonchev–Trinajstić information content (AvgIpc) is 2.75. The van der Waals surface area contributed by atoms with E-state index in [1.165, 1.54) is 0 Å². The summed E-state index contributed by atoms with van der Waals surface area (Å²) in [6, 6.07) is 25.4. The van der Waals surface area contributed by atoms with Gasteiger partial charge in [-0.1, -0.05) is 60.7 Å². The van der Waals surface area contributed by atoms with Gasteiger partial charge in [-0.05, 0) is 45.8 Å². The molecule has 0 radical (unpaired) electrons. The lowest BCUT2D eigenvalue weighted by Gasteiger charge is -2.10. The number of hydrogen-bond donors (Lipinski definition) is 2. The number of halogens is 1. The van der Waals surface area contributed by atoms with Gasteiger partial charge in [0.1, 0.15) is 0 Å². The zero-order valence-corrected chi connectivity index (χ0v) is 16.5. The fourth-order valence-electron chi connectivity index (χ4n) is 2.52. The molecule has 0 fully saturated rings. The molecule has 140 valence electrons. The third-order valence-electron chi connectivity index (χ3n) is 3.97. The summed E-state index contributed by atoms with van der Waals surface area (Å²) in [7, 11) is 0. The molecule has 5 nitrogen and oxygen atoms in total. The number of rotatable bonds is 6. The summed E-state index contributed by atoms with van der Waals surface area (Å²) in [5, 5.41) is 7.10. The second-order valence-electron chi connectivity index (χ2n) is 5.89. The van der Waals surface area contributed by atoms with E-state index in [1.807, 2.05) is 42.5 Å². The number of nitrogens with zero attached hydrogens (tertiary/aromatic N) is 1. The minimum Gasteiger partial charge on any atom is -0.346 e. The van der Waals surface area contributed by atoms with E-state index in [-0.39, 0.29) is 18.4 Å². The maximum atomic E-state index is 12.4. The molecule has 3 rings (SSSR count). The minimum atomic E-state index is -0.338. The lowest BCUT2D eigenvalue weighted by atomic mass is 10.1. The summed E-state index contributed by atoms with van der Waals surface area (Å²) >= 11 is 3.36. The van der Waals surface area contributed by atoms with E-state index in [0.717, 1.165) is 5.56 Å². The standard InChI is InChI=1S/C22H18BrN3O2/c23-19-14-8-7-13-18(19)22(28)26-25-20(16-9-3-1-4-10-16)15-24-21(27)17-11-5-2-6-12-17/h1-14H,15H2,(H,24,27)(H,26,28)/b25-20+. The quantitative estimate of drug-likeness (QED) is 0.453. The smallest absolute Gasteiger partial charge is 0.272 e. The number of benzene rings is 3. The molecule has 6 heteroatoms. The van der Waals surface area contributed by atoms with E-state index in [9.17, 15) is 9.59 Å². The first-order valence-corrected chi connectivity index (χ1v) is 9.44. The van der Waals surface area contributed by atoms with Gasteiger partial charge in [0.25, 0.3) is 11.8 Å². The molecule has 0 heterocycles. The predicted molar refractivity (Wildman–Crippen MR) is 113 cm³/mol. The monoisotopic (exact) mass is 435 g/mol. The molecule has 0 aliphatic rings. The van der Waals surface area contributed by atoms with Crippen LogP contribution in [0, 0.1) is 0 Å². The van der Waals surface area contributed by atoms with E-state index in [2.05, 4.69) is 31.8 Å². The second kappa shape index (κ2) is 9.62. The van der Waals surface area contributed by atoms with Gasteiger partial charge in [0, 0.05) is 10.0 Å². The Hall–Kier alpha value is -3.25. The van der Waals surface area contributed by atoms with Crippen LogP contribution in [0.5, 0.6) is 0 Å². The normalized spacial score (nSPS) is 11.0. The third-order valence-corrected chi connectivity index (χ3v) is 4.66. The predicted octanol–water partition coefficient (Wildman–Crippen LogP) is 4.01. The van der Waals surface area contributed by atoms with Crippen LogP contribution in [0.2, 0.25) is 0 Å². The Morgan fingerprint density at radius 3 is 1.96 bits per heavy atom. The zero-order valence-electron chi connectivity index (χ0n) is 14.9. The van der Waals surface area contributed by atoms with Crippen molar-refractivity contribution in [3.8, 4) is 0 Å². The van der Waals surface area contributed by atoms with Crippen LogP contribution < -0.4 is 10.7 Å². The van der Waals surface area contributed by atoms with Crippen molar-refractivity contribution in [1.29, 1.82) is 0 Å². The molecular weight excluding hydrogens is 418 g/mol. The summed E-state index contributed by atoms with van der Waals surface area (Å²) in [5.41, 5.74) is 4.97. The Morgan fingerprint density at radius 1 is 0.750 bits per heavy atom. The number of carbonyl (C=O) groups excluding carboxylic acids is 2. The van der Waals surface area contributed by atoms with Crippen LogP contribution in [0.3, 0.4) is 0 Å². The molecule has 28 heavy (non-hydrogen) atoms. The average molecular weight is 436 g/mol. The van der Waals surface area contributed by atoms with Crippen LogP contribution in [-0.4, -0.2) is 24.1 Å². The molecule has 2 amide bonds. The van der Waals surface area contributed by atoms with E-state index in [0.29, 0.717) is 21.3 Å². The van der Waals surface area contributed by atoms with Crippen molar-refractivity contribution < 1.29 is 9.59 Å². The highest BCUT2D eigenvalue weighted by molar-refractivity contribution is 9.10. The van der Waals surface area contributed by atoms with Crippen LogP contribution in [0.4, 0.5) is 0 Å². The number of hydrogen-bond acceptors (Lipinski definition) is 3. The minimum absolute atomic E-state index is 0.175. The highest BCUT2D eigenvalue weighted by atomic mass is 79.9. The first kappa shape index (κ1) is 19.5. The van der Waals surface area contributed by atoms with Crippen molar-refractivity contribution in [1.82, 2.24) is 10.7 Å². The molecule has 0 saturated heterocycles. The Labute approximate surface area is 171 Å². The largest absolute Gasteiger partial charge is 0.346 e. The van der Waals surface area contributed by atoms with Crippen LogP contribution in [-0.2, 0) is 0 Å². The highest BCUT2D eigenvalue weighted by Gasteiger charge is 2.11. The Kier molecular flexibility index (Phi) is 6.70. The van der Waals surface area contributed by atoms with E-state index >= 15 is 0 Å². The number of nitrogens with one attached hydrogen (secondary N) is 2. The molecule has 0 atom stereocenters. The van der Waals surface area contributed by atoms with Gasteiger partial charge in [0.05, 0.1) is 17.8 Å². The van der Waals surface area contributed by atoms with Crippen molar-refractivity contribution in [3.05, 3.63) is 106 Å². The summed E-state index contributed by atoms with van der Waals surface area (Å²) in [6.45, 7) is 0.175.